The van der Waals surface area contributed by atoms with Crippen LogP contribution in [0.2, 0.25) is 0 Å². The molecule has 0 bridgehead atoms. The molecule has 0 aliphatic heterocycles. The highest BCUT2D eigenvalue weighted by atomic mass is 16.5. The van der Waals surface area contributed by atoms with E-state index in [9.17, 15) is 19.5 Å². The minimum atomic E-state index is -0.596. The number of carbonyl (C=O) groups is 3. The number of methoxy groups -OCH3 is 1. The van der Waals surface area contributed by atoms with Gasteiger partial charge in [-0.1, -0.05) is 12.1 Å². The molecule has 0 saturated heterocycles. The number of ketones is 2. The summed E-state index contributed by atoms with van der Waals surface area (Å²) >= 11 is 0. The highest BCUT2D eigenvalue weighted by molar-refractivity contribution is 6.29. The fourth-order valence-electron chi connectivity index (χ4n) is 2.42. The first-order valence-electron chi connectivity index (χ1n) is 6.18. The Morgan fingerprint density at radius 2 is 1.76 bits per heavy atom. The molecule has 0 fully saturated rings. The molecule has 1 aliphatic rings. The predicted octanol–water partition coefficient (Wildman–Crippen LogP) is 1.95. The van der Waals surface area contributed by atoms with Crippen LogP contribution in [0, 0.1) is 0 Å². The van der Waals surface area contributed by atoms with Crippen LogP contribution >= 0.6 is 0 Å². The molecular weight excluding hydrogens is 272 g/mol. The summed E-state index contributed by atoms with van der Waals surface area (Å²) in [6, 6.07) is 8.52. The van der Waals surface area contributed by atoms with Crippen LogP contribution in [-0.4, -0.2) is 29.8 Å². The van der Waals surface area contributed by atoms with Crippen molar-refractivity contribution in [1.82, 2.24) is 0 Å². The summed E-state index contributed by atoms with van der Waals surface area (Å²) in [6.45, 7) is 0. The molecule has 5 nitrogen and oxygen atoms in total. The number of esters is 1. The maximum atomic E-state index is 12.5. The van der Waals surface area contributed by atoms with Gasteiger partial charge in [0.15, 0.2) is 11.6 Å². The topological polar surface area (TPSA) is 80.7 Å². The van der Waals surface area contributed by atoms with Gasteiger partial charge in [-0.2, -0.15) is 0 Å². The number of rotatable bonds is 1. The van der Waals surface area contributed by atoms with Crippen LogP contribution in [0.3, 0.4) is 0 Å². The third-order valence-electron chi connectivity index (χ3n) is 3.44. The molecule has 0 atom stereocenters. The van der Waals surface area contributed by atoms with Crippen LogP contribution in [0.15, 0.2) is 36.4 Å². The molecule has 1 N–H and O–H groups in total. The first-order valence-corrected chi connectivity index (χ1v) is 6.18. The monoisotopic (exact) mass is 282 g/mol. The summed E-state index contributed by atoms with van der Waals surface area (Å²) in [5, 5.41) is 9.83. The van der Waals surface area contributed by atoms with Crippen molar-refractivity contribution in [3.8, 4) is 5.75 Å². The van der Waals surface area contributed by atoms with E-state index in [0.717, 1.165) is 0 Å². The number of phenolic OH excluding ortho intramolecular Hbond substituents is 1. The molecule has 21 heavy (non-hydrogen) atoms. The standard InChI is InChI=1S/C16H10O5/c1-21-16(20)8-5-6-9-11(7-8)15(19)13-10(14(9)18)3-2-4-12(13)17/h2-7,17H,1H3. The molecule has 5 heteroatoms. The van der Waals surface area contributed by atoms with Gasteiger partial charge < -0.3 is 9.84 Å². The Morgan fingerprint density at radius 1 is 1.00 bits per heavy atom. The van der Waals surface area contributed by atoms with Crippen molar-refractivity contribution in [2.75, 3.05) is 7.11 Å². The Morgan fingerprint density at radius 3 is 2.48 bits per heavy atom. The van der Waals surface area contributed by atoms with E-state index in [1.54, 1.807) is 0 Å². The predicted molar refractivity (Wildman–Crippen MR) is 72.8 cm³/mol. The van der Waals surface area contributed by atoms with Crippen LogP contribution in [0.5, 0.6) is 5.75 Å². The lowest BCUT2D eigenvalue weighted by molar-refractivity contribution is 0.0600. The van der Waals surface area contributed by atoms with Crippen LogP contribution < -0.4 is 0 Å². The molecule has 0 aromatic heterocycles. The van der Waals surface area contributed by atoms with E-state index in [4.69, 9.17) is 0 Å². The van der Waals surface area contributed by atoms with Crippen molar-refractivity contribution in [3.63, 3.8) is 0 Å². The van der Waals surface area contributed by atoms with Gasteiger partial charge in [-0.25, -0.2) is 4.79 Å². The fraction of sp³-hybridized carbons (Fsp3) is 0.0625. The van der Waals surface area contributed by atoms with Gasteiger partial charge in [0.1, 0.15) is 5.75 Å². The van der Waals surface area contributed by atoms with Crippen molar-refractivity contribution in [2.24, 2.45) is 0 Å². The van der Waals surface area contributed by atoms with Gasteiger partial charge >= 0.3 is 5.97 Å². The van der Waals surface area contributed by atoms with Crippen molar-refractivity contribution in [1.29, 1.82) is 0 Å². The number of hydrogen-bond donors (Lipinski definition) is 1. The average Bonchev–Trinajstić information content (AvgIpc) is 2.51. The summed E-state index contributed by atoms with van der Waals surface area (Å²) < 4.78 is 4.60. The van der Waals surface area contributed by atoms with E-state index >= 15 is 0 Å². The van der Waals surface area contributed by atoms with Gasteiger partial charge in [0.25, 0.3) is 0 Å². The summed E-state index contributed by atoms with van der Waals surface area (Å²) in [5.41, 5.74) is 0.620. The fourth-order valence-corrected chi connectivity index (χ4v) is 2.42. The van der Waals surface area contributed by atoms with E-state index in [-0.39, 0.29) is 39.4 Å². The lowest BCUT2D eigenvalue weighted by Crippen LogP contribution is -2.21. The second kappa shape index (κ2) is 4.56. The molecule has 3 rings (SSSR count). The largest absolute Gasteiger partial charge is 0.507 e. The van der Waals surface area contributed by atoms with Crippen LogP contribution in [0.4, 0.5) is 0 Å². The summed E-state index contributed by atoms with van der Waals surface area (Å²) in [4.78, 5) is 36.4. The number of aromatic hydroxyl groups is 1. The molecule has 104 valence electrons. The zero-order valence-corrected chi connectivity index (χ0v) is 11.0. The lowest BCUT2D eigenvalue weighted by Gasteiger charge is -2.18. The second-order valence-electron chi connectivity index (χ2n) is 4.61. The van der Waals surface area contributed by atoms with E-state index in [1.807, 2.05) is 0 Å². The zero-order valence-electron chi connectivity index (χ0n) is 11.0. The Labute approximate surface area is 119 Å². The summed E-state index contributed by atoms with van der Waals surface area (Å²) in [7, 11) is 1.23. The molecule has 0 unspecified atom stereocenters. The Bertz CT molecular complexity index is 804. The Kier molecular flexibility index (Phi) is 2.83. The third-order valence-corrected chi connectivity index (χ3v) is 3.44. The zero-order chi connectivity index (χ0) is 15.1. The maximum absolute atomic E-state index is 12.5. The smallest absolute Gasteiger partial charge is 0.337 e. The van der Waals surface area contributed by atoms with Crippen molar-refractivity contribution >= 4 is 17.5 Å². The molecule has 2 aromatic rings. The maximum Gasteiger partial charge on any atom is 0.337 e. The van der Waals surface area contributed by atoms with Gasteiger partial charge in [0.05, 0.1) is 18.2 Å². The van der Waals surface area contributed by atoms with Gasteiger partial charge in [-0.05, 0) is 24.3 Å². The quantitative estimate of drug-likeness (QED) is 0.690. The molecular formula is C16H10O5. The minimum Gasteiger partial charge on any atom is -0.507 e. The Hall–Kier alpha value is -2.95. The molecule has 1 aliphatic carbocycles. The molecule has 0 amide bonds. The number of phenols is 1. The number of fused-ring (bicyclic) bond motifs is 2. The van der Waals surface area contributed by atoms with Crippen LogP contribution in [0.1, 0.15) is 42.2 Å². The Balaban J connectivity index is 2.24. The molecule has 0 spiro atoms. The first-order chi connectivity index (χ1) is 10.0. The summed E-state index contributed by atoms with van der Waals surface area (Å²) in [6.07, 6.45) is 0. The second-order valence-corrected chi connectivity index (χ2v) is 4.61. The van der Waals surface area contributed by atoms with Crippen LogP contribution in [0.25, 0.3) is 0 Å². The SMILES string of the molecule is COC(=O)c1ccc2c(c1)C(=O)c1c(O)cccc1C2=O. The van der Waals surface area contributed by atoms with Gasteiger partial charge in [0, 0.05) is 16.7 Å². The minimum absolute atomic E-state index is 0.0305. The van der Waals surface area contributed by atoms with Crippen molar-refractivity contribution < 1.29 is 24.2 Å². The first kappa shape index (κ1) is 13.1. The number of carbonyl (C=O) groups excluding carboxylic acids is 3. The average molecular weight is 282 g/mol. The molecule has 2 aromatic carbocycles. The number of hydrogen-bond acceptors (Lipinski definition) is 5. The van der Waals surface area contributed by atoms with Crippen LogP contribution in [-0.2, 0) is 4.74 Å². The molecule has 0 heterocycles. The van der Waals surface area contributed by atoms with Crippen molar-refractivity contribution in [2.45, 2.75) is 0 Å². The van der Waals surface area contributed by atoms with Gasteiger partial charge in [-0.15, -0.1) is 0 Å². The third kappa shape index (κ3) is 1.82. The van der Waals surface area contributed by atoms with E-state index in [1.165, 1.54) is 43.5 Å². The van der Waals surface area contributed by atoms with Gasteiger partial charge in [0.2, 0.25) is 0 Å². The highest BCUT2D eigenvalue weighted by Crippen LogP contribution is 2.32. The molecule has 0 radical (unpaired) electrons. The summed E-state index contributed by atoms with van der Waals surface area (Å²) in [5.74, 6) is -1.68. The van der Waals surface area contributed by atoms with E-state index in [0.29, 0.717) is 0 Å². The van der Waals surface area contributed by atoms with E-state index < -0.39 is 11.8 Å². The van der Waals surface area contributed by atoms with Crippen molar-refractivity contribution in [3.05, 3.63) is 64.2 Å². The number of ether oxygens (including phenoxy) is 1. The normalized spacial score (nSPS) is 12.6. The van der Waals surface area contributed by atoms with E-state index in [2.05, 4.69) is 4.74 Å². The number of benzene rings is 2. The highest BCUT2D eigenvalue weighted by Gasteiger charge is 2.32. The van der Waals surface area contributed by atoms with Gasteiger partial charge in [-0.3, -0.25) is 9.59 Å². The lowest BCUT2D eigenvalue weighted by atomic mass is 9.83. The molecule has 0 saturated carbocycles.